The van der Waals surface area contributed by atoms with Crippen LogP contribution in [-0.2, 0) is 20.9 Å². The second-order valence-electron chi connectivity index (χ2n) is 7.73. The maximum absolute atomic E-state index is 13.0. The van der Waals surface area contributed by atoms with Gasteiger partial charge in [0.05, 0.1) is 23.3 Å². The van der Waals surface area contributed by atoms with Crippen molar-refractivity contribution >= 4 is 23.6 Å². The van der Waals surface area contributed by atoms with Gasteiger partial charge in [0.15, 0.2) is 0 Å². The maximum Gasteiger partial charge on any atom is 0.262 e. The predicted molar refractivity (Wildman–Crippen MR) is 97.2 cm³/mol. The van der Waals surface area contributed by atoms with Crippen LogP contribution in [0, 0.1) is 0 Å². The number of hydrogen-bond donors (Lipinski definition) is 2. The van der Waals surface area contributed by atoms with Crippen molar-refractivity contribution in [1.29, 1.82) is 0 Å². The number of nitrogens with two attached hydrogens (primary N) is 1. The Bertz CT molecular complexity index is 877. The number of carbonyl (C=O) groups excluding carboxylic acids is 4. The number of nitrogens with one attached hydrogen (secondary N) is 1. The molecule has 0 aromatic heterocycles. The Morgan fingerprint density at radius 2 is 1.96 bits per heavy atom. The van der Waals surface area contributed by atoms with Crippen LogP contribution in [0.1, 0.15) is 39.1 Å². The molecule has 2 saturated heterocycles. The summed E-state index contributed by atoms with van der Waals surface area (Å²) in [5.74, 6) is -1.98. The summed E-state index contributed by atoms with van der Waals surface area (Å²) in [6.07, 6.45) is 0.243. The van der Waals surface area contributed by atoms with E-state index in [9.17, 15) is 19.2 Å². The maximum atomic E-state index is 13.0. The molecule has 0 aliphatic carbocycles. The highest BCUT2D eigenvalue weighted by atomic mass is 16.5. The average molecular weight is 386 g/mol. The molecule has 1 unspecified atom stereocenters. The Labute approximate surface area is 161 Å². The molecule has 0 spiro atoms. The first kappa shape index (κ1) is 18.7. The summed E-state index contributed by atoms with van der Waals surface area (Å²) in [6.45, 7) is 2.19. The van der Waals surface area contributed by atoms with E-state index in [1.54, 1.807) is 19.2 Å². The van der Waals surface area contributed by atoms with Gasteiger partial charge in [-0.1, -0.05) is 12.1 Å². The van der Waals surface area contributed by atoms with Crippen LogP contribution in [0.25, 0.3) is 0 Å². The summed E-state index contributed by atoms with van der Waals surface area (Å²) in [7, 11) is 1.61. The SMILES string of the molecule is COCC1(N)CN(Cc2cccc3c2C(=O)N(C2CCC(=O)NC2=O)C3=O)C1. The molecular weight excluding hydrogens is 364 g/mol. The summed E-state index contributed by atoms with van der Waals surface area (Å²) in [5, 5.41) is 2.20. The van der Waals surface area contributed by atoms with Gasteiger partial charge in [-0.2, -0.15) is 0 Å². The molecule has 1 atom stereocenters. The van der Waals surface area contributed by atoms with E-state index in [1.807, 2.05) is 6.07 Å². The second kappa shape index (κ2) is 6.77. The zero-order chi connectivity index (χ0) is 20.1. The number of likely N-dealkylation sites (tertiary alicyclic amines) is 1. The minimum Gasteiger partial charge on any atom is -0.383 e. The Morgan fingerprint density at radius 3 is 2.64 bits per heavy atom. The molecule has 0 bridgehead atoms. The van der Waals surface area contributed by atoms with Crippen molar-refractivity contribution in [1.82, 2.24) is 15.1 Å². The van der Waals surface area contributed by atoms with E-state index in [1.165, 1.54) is 0 Å². The highest BCUT2D eigenvalue weighted by molar-refractivity contribution is 6.24. The number of benzene rings is 1. The number of piperidine rings is 1. The average Bonchev–Trinajstić information content (AvgIpc) is 2.86. The molecule has 3 aliphatic rings. The molecule has 4 rings (SSSR count). The lowest BCUT2D eigenvalue weighted by Gasteiger charge is -2.47. The van der Waals surface area contributed by atoms with Crippen LogP contribution < -0.4 is 11.1 Å². The number of rotatable bonds is 5. The minimum absolute atomic E-state index is 0.0997. The van der Waals surface area contributed by atoms with Crippen LogP contribution in [0.15, 0.2) is 18.2 Å². The smallest absolute Gasteiger partial charge is 0.262 e. The van der Waals surface area contributed by atoms with Crippen LogP contribution in [0.5, 0.6) is 0 Å². The van der Waals surface area contributed by atoms with Crippen LogP contribution >= 0.6 is 0 Å². The van der Waals surface area contributed by atoms with E-state index < -0.39 is 35.2 Å². The van der Waals surface area contributed by atoms with E-state index in [2.05, 4.69) is 10.2 Å². The van der Waals surface area contributed by atoms with Crippen molar-refractivity contribution in [2.45, 2.75) is 31.0 Å². The van der Waals surface area contributed by atoms with Crippen molar-refractivity contribution in [3.63, 3.8) is 0 Å². The standard InChI is InChI=1S/C19H22N4O5/c1-28-10-19(20)8-22(9-19)7-11-3-2-4-12-15(11)18(27)23(17(12)26)13-5-6-14(24)21-16(13)25/h2-4,13H,5-10,20H2,1H3,(H,21,24,25). The number of methoxy groups -OCH3 is 1. The fourth-order valence-electron chi connectivity index (χ4n) is 4.29. The van der Waals surface area contributed by atoms with Gasteiger partial charge in [-0.3, -0.25) is 34.3 Å². The first-order chi connectivity index (χ1) is 13.3. The largest absolute Gasteiger partial charge is 0.383 e. The van der Waals surface area contributed by atoms with Gasteiger partial charge in [0, 0.05) is 33.2 Å². The monoisotopic (exact) mass is 386 g/mol. The lowest BCUT2D eigenvalue weighted by Crippen LogP contribution is -2.69. The van der Waals surface area contributed by atoms with Gasteiger partial charge in [0.25, 0.3) is 11.8 Å². The number of ether oxygens (including phenoxy) is 1. The van der Waals surface area contributed by atoms with Crippen molar-refractivity contribution < 1.29 is 23.9 Å². The molecule has 9 nitrogen and oxygen atoms in total. The van der Waals surface area contributed by atoms with Gasteiger partial charge in [0.2, 0.25) is 11.8 Å². The molecule has 28 heavy (non-hydrogen) atoms. The lowest BCUT2D eigenvalue weighted by atomic mass is 9.90. The number of hydrogen-bond acceptors (Lipinski definition) is 7. The molecule has 3 aliphatic heterocycles. The van der Waals surface area contributed by atoms with E-state index in [-0.39, 0.29) is 12.8 Å². The van der Waals surface area contributed by atoms with Gasteiger partial charge in [-0.25, -0.2) is 0 Å². The minimum atomic E-state index is -0.958. The Balaban J connectivity index is 1.55. The highest BCUT2D eigenvalue weighted by Gasteiger charge is 2.46. The number of carbonyl (C=O) groups is 4. The number of imide groups is 2. The lowest BCUT2D eigenvalue weighted by molar-refractivity contribution is -0.136. The summed E-state index contributed by atoms with van der Waals surface area (Å²) < 4.78 is 5.13. The van der Waals surface area contributed by atoms with E-state index in [4.69, 9.17) is 10.5 Å². The van der Waals surface area contributed by atoms with E-state index in [0.29, 0.717) is 37.4 Å². The number of fused-ring (bicyclic) bond motifs is 1. The van der Waals surface area contributed by atoms with Gasteiger partial charge in [-0.15, -0.1) is 0 Å². The van der Waals surface area contributed by atoms with Crippen LogP contribution in [0.2, 0.25) is 0 Å². The fraction of sp³-hybridized carbons (Fsp3) is 0.474. The van der Waals surface area contributed by atoms with Gasteiger partial charge in [-0.05, 0) is 18.1 Å². The third kappa shape index (κ3) is 3.01. The number of amides is 4. The summed E-state index contributed by atoms with van der Waals surface area (Å²) in [4.78, 5) is 52.5. The summed E-state index contributed by atoms with van der Waals surface area (Å²) in [6, 6.07) is 4.18. The highest BCUT2D eigenvalue weighted by Crippen LogP contribution is 2.31. The zero-order valence-electron chi connectivity index (χ0n) is 15.6. The van der Waals surface area contributed by atoms with E-state index in [0.717, 1.165) is 10.5 Å². The zero-order valence-corrected chi connectivity index (χ0v) is 15.6. The topological polar surface area (TPSA) is 122 Å². The normalized spacial score (nSPS) is 24.2. The molecule has 3 heterocycles. The third-order valence-electron chi connectivity index (χ3n) is 5.46. The Hall–Kier alpha value is -2.62. The van der Waals surface area contributed by atoms with Gasteiger partial charge >= 0.3 is 0 Å². The molecule has 3 N–H and O–H groups in total. The molecule has 1 aromatic rings. The van der Waals surface area contributed by atoms with Crippen molar-refractivity contribution in [3.8, 4) is 0 Å². The third-order valence-corrected chi connectivity index (χ3v) is 5.46. The van der Waals surface area contributed by atoms with Crippen LogP contribution in [0.3, 0.4) is 0 Å². The first-order valence-electron chi connectivity index (χ1n) is 9.16. The Kier molecular flexibility index (Phi) is 4.53. The molecule has 148 valence electrons. The van der Waals surface area contributed by atoms with Crippen molar-refractivity contribution in [2.24, 2.45) is 5.73 Å². The fourth-order valence-corrected chi connectivity index (χ4v) is 4.29. The van der Waals surface area contributed by atoms with Crippen molar-refractivity contribution in [3.05, 3.63) is 34.9 Å². The van der Waals surface area contributed by atoms with Gasteiger partial charge in [0.1, 0.15) is 6.04 Å². The molecule has 0 saturated carbocycles. The molecule has 0 radical (unpaired) electrons. The predicted octanol–water partition coefficient (Wildman–Crippen LogP) is -0.753. The van der Waals surface area contributed by atoms with E-state index >= 15 is 0 Å². The summed E-state index contributed by atoms with van der Waals surface area (Å²) in [5.41, 5.74) is 7.15. The molecule has 9 heteroatoms. The van der Waals surface area contributed by atoms with Gasteiger partial charge < -0.3 is 10.5 Å². The number of nitrogens with zero attached hydrogens (tertiary/aromatic N) is 2. The Morgan fingerprint density at radius 1 is 1.21 bits per heavy atom. The molecule has 2 fully saturated rings. The summed E-state index contributed by atoms with van der Waals surface area (Å²) >= 11 is 0. The molecule has 4 amide bonds. The second-order valence-corrected chi connectivity index (χ2v) is 7.73. The van der Waals surface area contributed by atoms with Crippen molar-refractivity contribution in [2.75, 3.05) is 26.8 Å². The van der Waals surface area contributed by atoms with Crippen LogP contribution in [-0.4, -0.2) is 71.8 Å². The quantitative estimate of drug-likeness (QED) is 0.638. The van der Waals surface area contributed by atoms with Crippen LogP contribution in [0.4, 0.5) is 0 Å². The first-order valence-corrected chi connectivity index (χ1v) is 9.16. The molecule has 1 aromatic carbocycles. The molecular formula is C19H22N4O5.